The molecule has 3 heterocycles. The van der Waals surface area contributed by atoms with E-state index in [2.05, 4.69) is 0 Å². The molecule has 4 heteroatoms. The molecule has 122 valence electrons. The van der Waals surface area contributed by atoms with Crippen LogP contribution in [-0.2, 0) is 6.54 Å². The number of nitrogens with one attached hydrogen (secondary N) is 1. The van der Waals surface area contributed by atoms with Gasteiger partial charge in [0, 0.05) is 17.7 Å². The lowest BCUT2D eigenvalue weighted by Crippen LogP contribution is -3.16. The van der Waals surface area contributed by atoms with Crippen LogP contribution in [0.2, 0.25) is 0 Å². The normalized spacial score (nSPS) is 27.8. The number of rotatable bonds is 2. The van der Waals surface area contributed by atoms with Crippen LogP contribution in [0.1, 0.15) is 49.9 Å². The largest absolute Gasteiger partial charge is 0.327 e. The summed E-state index contributed by atoms with van der Waals surface area (Å²) >= 11 is 0. The molecule has 2 aliphatic rings. The van der Waals surface area contributed by atoms with Gasteiger partial charge in [0.25, 0.3) is 5.56 Å². The number of nitrogens with zero attached hydrogens (tertiary/aromatic N) is 2. The van der Waals surface area contributed by atoms with E-state index in [-0.39, 0.29) is 5.56 Å². The van der Waals surface area contributed by atoms with E-state index in [1.54, 1.807) is 15.4 Å². The molecule has 1 aliphatic heterocycles. The molecular weight excluding hydrogens is 286 g/mol. The van der Waals surface area contributed by atoms with E-state index in [1.807, 2.05) is 25.1 Å². The standard InChI is InChI=1S/C19H25N3O/c1-14-6-4-10-18-20-16(12-19(23)22(14)18)13-21-11-5-8-15-7-2-3-9-17(15)21/h4,6,10,12,15,17H,2-3,5,7-9,11,13H2,1H3/p+1/t15-,17-/m0/s1. The third-order valence-electron chi connectivity index (χ3n) is 5.85. The van der Waals surface area contributed by atoms with Gasteiger partial charge in [-0.25, -0.2) is 4.98 Å². The SMILES string of the molecule is Cc1cccc2nc(C[NH+]3CCC[C@@H]4CCCC[C@@H]43)cc(=O)n12. The van der Waals surface area contributed by atoms with Crippen LogP contribution in [0.3, 0.4) is 0 Å². The van der Waals surface area contributed by atoms with Gasteiger partial charge in [0.1, 0.15) is 17.9 Å². The van der Waals surface area contributed by atoms with Crippen molar-refractivity contribution in [3.8, 4) is 0 Å². The van der Waals surface area contributed by atoms with E-state index >= 15 is 0 Å². The molecule has 1 saturated carbocycles. The minimum absolute atomic E-state index is 0.0553. The predicted octanol–water partition coefficient (Wildman–Crippen LogP) is 1.74. The van der Waals surface area contributed by atoms with E-state index in [0.717, 1.165) is 35.5 Å². The highest BCUT2D eigenvalue weighted by molar-refractivity contribution is 5.40. The molecule has 2 aromatic rings. The van der Waals surface area contributed by atoms with Gasteiger partial charge in [-0.1, -0.05) is 12.5 Å². The predicted molar refractivity (Wildman–Crippen MR) is 90.7 cm³/mol. The molecule has 2 aromatic heterocycles. The Morgan fingerprint density at radius 2 is 2.04 bits per heavy atom. The van der Waals surface area contributed by atoms with E-state index < -0.39 is 0 Å². The first kappa shape index (κ1) is 14.9. The molecule has 0 spiro atoms. The first-order valence-corrected chi connectivity index (χ1v) is 9.05. The zero-order chi connectivity index (χ0) is 15.8. The van der Waals surface area contributed by atoms with Crippen LogP contribution >= 0.6 is 0 Å². The Kier molecular flexibility index (Phi) is 3.93. The Labute approximate surface area is 137 Å². The minimum atomic E-state index is 0.0553. The van der Waals surface area contributed by atoms with Gasteiger partial charge in [0.15, 0.2) is 0 Å². The van der Waals surface area contributed by atoms with Crippen molar-refractivity contribution in [3.63, 3.8) is 0 Å². The van der Waals surface area contributed by atoms with Crippen LogP contribution in [-0.4, -0.2) is 22.0 Å². The van der Waals surface area contributed by atoms with E-state index in [1.165, 1.54) is 45.1 Å². The Morgan fingerprint density at radius 1 is 1.22 bits per heavy atom. The molecule has 0 radical (unpaired) electrons. The van der Waals surface area contributed by atoms with Crippen LogP contribution in [0.15, 0.2) is 29.1 Å². The van der Waals surface area contributed by atoms with Gasteiger partial charge in [-0.15, -0.1) is 0 Å². The summed E-state index contributed by atoms with van der Waals surface area (Å²) in [6.07, 6.45) is 8.26. The number of fused-ring (bicyclic) bond motifs is 2. The van der Waals surface area contributed by atoms with Gasteiger partial charge in [-0.3, -0.25) is 9.20 Å². The third-order valence-corrected chi connectivity index (χ3v) is 5.85. The van der Waals surface area contributed by atoms with Crippen molar-refractivity contribution < 1.29 is 4.90 Å². The van der Waals surface area contributed by atoms with Crippen molar-refractivity contribution in [1.29, 1.82) is 0 Å². The molecule has 4 nitrogen and oxygen atoms in total. The molecule has 0 bridgehead atoms. The maximum Gasteiger partial charge on any atom is 0.258 e. The van der Waals surface area contributed by atoms with Gasteiger partial charge in [0.2, 0.25) is 0 Å². The Bertz CT molecular complexity index is 765. The fourth-order valence-corrected chi connectivity index (χ4v) is 4.77. The lowest BCUT2D eigenvalue weighted by molar-refractivity contribution is -0.949. The van der Waals surface area contributed by atoms with Crippen molar-refractivity contribution in [3.05, 3.63) is 46.0 Å². The summed E-state index contributed by atoms with van der Waals surface area (Å²) in [6, 6.07) is 8.41. The van der Waals surface area contributed by atoms with Crippen molar-refractivity contribution in [2.45, 2.75) is 58.0 Å². The Morgan fingerprint density at radius 3 is 2.96 bits per heavy atom. The Balaban J connectivity index is 1.63. The molecule has 3 atom stereocenters. The van der Waals surface area contributed by atoms with Crippen LogP contribution in [0.4, 0.5) is 0 Å². The monoisotopic (exact) mass is 312 g/mol. The quantitative estimate of drug-likeness (QED) is 0.917. The van der Waals surface area contributed by atoms with E-state index in [4.69, 9.17) is 4.98 Å². The summed E-state index contributed by atoms with van der Waals surface area (Å²) < 4.78 is 1.71. The average Bonchev–Trinajstić information content (AvgIpc) is 2.55. The summed E-state index contributed by atoms with van der Waals surface area (Å²) in [4.78, 5) is 18.9. The van der Waals surface area contributed by atoms with Gasteiger partial charge in [0.05, 0.1) is 12.6 Å². The summed E-state index contributed by atoms with van der Waals surface area (Å²) in [5.41, 5.74) is 2.75. The maximum atomic E-state index is 12.5. The number of pyridine rings is 1. The first-order chi connectivity index (χ1) is 11.2. The maximum absolute atomic E-state index is 12.5. The number of aromatic nitrogens is 2. The summed E-state index contributed by atoms with van der Waals surface area (Å²) in [5, 5.41) is 0. The molecule has 1 N–H and O–H groups in total. The van der Waals surface area contributed by atoms with Gasteiger partial charge in [-0.05, 0) is 51.2 Å². The van der Waals surface area contributed by atoms with Crippen molar-refractivity contribution in [2.75, 3.05) is 6.54 Å². The lowest BCUT2D eigenvalue weighted by atomic mass is 9.78. The smallest absolute Gasteiger partial charge is 0.258 e. The van der Waals surface area contributed by atoms with E-state index in [0.29, 0.717) is 0 Å². The number of likely N-dealkylation sites (tertiary alicyclic amines) is 1. The zero-order valence-corrected chi connectivity index (χ0v) is 13.9. The second kappa shape index (κ2) is 6.08. The van der Waals surface area contributed by atoms with Crippen LogP contribution < -0.4 is 10.5 Å². The topological polar surface area (TPSA) is 38.8 Å². The highest BCUT2D eigenvalue weighted by atomic mass is 16.1. The summed E-state index contributed by atoms with van der Waals surface area (Å²) in [6.45, 7) is 4.09. The summed E-state index contributed by atoms with van der Waals surface area (Å²) in [7, 11) is 0. The zero-order valence-electron chi connectivity index (χ0n) is 13.9. The van der Waals surface area contributed by atoms with Crippen LogP contribution in [0.5, 0.6) is 0 Å². The Hall–Kier alpha value is -1.68. The number of aryl methyl sites for hydroxylation is 1. The number of hydrogen-bond acceptors (Lipinski definition) is 2. The average molecular weight is 312 g/mol. The number of piperidine rings is 1. The highest BCUT2D eigenvalue weighted by Gasteiger charge is 2.36. The second-order valence-corrected chi connectivity index (χ2v) is 7.32. The lowest BCUT2D eigenvalue weighted by Gasteiger charge is -2.41. The first-order valence-electron chi connectivity index (χ1n) is 9.05. The molecule has 1 aliphatic carbocycles. The molecule has 1 saturated heterocycles. The molecule has 23 heavy (non-hydrogen) atoms. The van der Waals surface area contributed by atoms with Gasteiger partial charge in [-0.2, -0.15) is 0 Å². The number of quaternary nitrogens is 1. The minimum Gasteiger partial charge on any atom is -0.327 e. The van der Waals surface area contributed by atoms with Gasteiger partial charge < -0.3 is 4.90 Å². The molecule has 0 amide bonds. The van der Waals surface area contributed by atoms with Crippen LogP contribution in [0, 0.1) is 12.8 Å². The third kappa shape index (κ3) is 2.80. The molecular formula is C19H26N3O+. The fraction of sp³-hybridized carbons (Fsp3) is 0.579. The molecule has 4 rings (SSSR count). The van der Waals surface area contributed by atoms with Crippen molar-refractivity contribution in [1.82, 2.24) is 9.38 Å². The van der Waals surface area contributed by atoms with E-state index in [9.17, 15) is 4.79 Å². The van der Waals surface area contributed by atoms with Crippen molar-refractivity contribution in [2.24, 2.45) is 5.92 Å². The molecule has 2 fully saturated rings. The van der Waals surface area contributed by atoms with Crippen LogP contribution in [0.25, 0.3) is 5.65 Å². The molecule has 1 unspecified atom stereocenters. The van der Waals surface area contributed by atoms with Gasteiger partial charge >= 0.3 is 0 Å². The fourth-order valence-electron chi connectivity index (χ4n) is 4.77. The number of hydrogen-bond donors (Lipinski definition) is 1. The second-order valence-electron chi connectivity index (χ2n) is 7.32. The highest BCUT2D eigenvalue weighted by Crippen LogP contribution is 2.28. The molecule has 0 aromatic carbocycles. The summed E-state index contributed by atoms with van der Waals surface area (Å²) in [5.74, 6) is 0.899. The van der Waals surface area contributed by atoms with Crippen molar-refractivity contribution >= 4 is 5.65 Å².